The molecule has 1 aliphatic rings. The number of amides is 1. The molecule has 8 rings (SSSR count). The summed E-state index contributed by atoms with van der Waals surface area (Å²) in [6.45, 7) is 3.61. The molecule has 3 aromatic carbocycles. The van der Waals surface area contributed by atoms with Gasteiger partial charge in [-0.1, -0.05) is 76.9 Å². The molecule has 5 heterocycles. The number of rotatable bonds is 9. The number of hydrogen-bond donors (Lipinski definition) is 1. The van der Waals surface area contributed by atoms with Gasteiger partial charge < -0.3 is 9.88 Å². The minimum Gasteiger partial charge on any atom is -0.343 e. The van der Waals surface area contributed by atoms with E-state index in [0.717, 1.165) is 63.8 Å². The van der Waals surface area contributed by atoms with Crippen molar-refractivity contribution in [2.45, 2.75) is 45.4 Å². The maximum Gasteiger partial charge on any atom is 0.255 e. The number of benzene rings is 3. The van der Waals surface area contributed by atoms with Crippen LogP contribution in [0.1, 0.15) is 51.8 Å². The summed E-state index contributed by atoms with van der Waals surface area (Å²) in [5.41, 5.74) is 7.99. The molecular weight excluding hydrogens is 663 g/mol. The molecule has 9 nitrogen and oxygen atoms in total. The zero-order valence-corrected chi connectivity index (χ0v) is 28.3. The van der Waals surface area contributed by atoms with Crippen LogP contribution in [-0.2, 0) is 26.1 Å². The van der Waals surface area contributed by atoms with Gasteiger partial charge in [-0.3, -0.25) is 9.48 Å². The summed E-state index contributed by atoms with van der Waals surface area (Å²) in [6.07, 6.45) is 3.70. The van der Waals surface area contributed by atoms with Gasteiger partial charge in [0.15, 0.2) is 0 Å². The SMILES string of the molecule is CC(NC(=O)c1c(Cn2cc(Cn3c(-c4ccccc4)cc4ccccc43)nn2)nn2c1CCC2)c1nc(-c2ccc(Cl)cc2Cl)cs1. The quantitative estimate of drug-likeness (QED) is 0.165. The van der Waals surface area contributed by atoms with Gasteiger partial charge in [0, 0.05) is 39.1 Å². The van der Waals surface area contributed by atoms with Gasteiger partial charge in [0.05, 0.1) is 53.0 Å². The Morgan fingerprint density at radius 2 is 1.85 bits per heavy atom. The minimum atomic E-state index is -0.319. The van der Waals surface area contributed by atoms with Crippen molar-refractivity contribution in [3.63, 3.8) is 0 Å². The van der Waals surface area contributed by atoms with Crippen LogP contribution in [0.2, 0.25) is 10.0 Å². The van der Waals surface area contributed by atoms with Crippen LogP contribution in [-0.4, -0.2) is 40.2 Å². The van der Waals surface area contributed by atoms with E-state index in [2.05, 4.69) is 74.8 Å². The Balaban J connectivity index is 1.03. The number of nitrogens with one attached hydrogen (secondary N) is 1. The van der Waals surface area contributed by atoms with E-state index in [9.17, 15) is 4.79 Å². The van der Waals surface area contributed by atoms with Crippen molar-refractivity contribution in [3.05, 3.63) is 128 Å². The smallest absolute Gasteiger partial charge is 0.255 e. The average Bonchev–Trinajstić information content (AvgIpc) is 3.92. The van der Waals surface area contributed by atoms with Gasteiger partial charge in [0.2, 0.25) is 0 Å². The number of carbonyl (C=O) groups is 1. The predicted octanol–water partition coefficient (Wildman–Crippen LogP) is 8.06. The Bertz CT molecular complexity index is 2290. The molecule has 1 unspecified atom stereocenters. The number of halogens is 2. The molecule has 0 aliphatic carbocycles. The van der Waals surface area contributed by atoms with Gasteiger partial charge in [-0.25, -0.2) is 9.67 Å². The Morgan fingerprint density at radius 3 is 2.71 bits per heavy atom. The highest BCUT2D eigenvalue weighted by Gasteiger charge is 2.28. The number of thiazole rings is 1. The highest BCUT2D eigenvalue weighted by atomic mass is 35.5. The van der Waals surface area contributed by atoms with Gasteiger partial charge in [0.25, 0.3) is 5.91 Å². The molecule has 7 aromatic rings. The Hall–Kier alpha value is -4.77. The highest BCUT2D eigenvalue weighted by molar-refractivity contribution is 7.10. The topological polar surface area (TPSA) is 95.5 Å². The van der Waals surface area contributed by atoms with E-state index in [1.54, 1.807) is 16.8 Å². The van der Waals surface area contributed by atoms with E-state index in [1.807, 2.05) is 35.3 Å². The first-order chi connectivity index (χ1) is 23.4. The molecule has 1 aliphatic heterocycles. The first-order valence-electron chi connectivity index (χ1n) is 15.7. The van der Waals surface area contributed by atoms with Crippen LogP contribution in [0.15, 0.2) is 90.4 Å². The van der Waals surface area contributed by atoms with Gasteiger partial charge in [-0.05, 0) is 55.7 Å². The molecule has 1 amide bonds. The first-order valence-corrected chi connectivity index (χ1v) is 17.4. The molecule has 12 heteroatoms. The van der Waals surface area contributed by atoms with E-state index in [4.69, 9.17) is 33.3 Å². The fourth-order valence-electron chi connectivity index (χ4n) is 6.43. The lowest BCUT2D eigenvalue weighted by molar-refractivity contribution is 0.0938. The lowest BCUT2D eigenvalue weighted by Gasteiger charge is -2.12. The van der Waals surface area contributed by atoms with E-state index in [1.165, 1.54) is 16.7 Å². The molecule has 1 atom stereocenters. The second kappa shape index (κ2) is 12.7. The standard InChI is InChI=1S/C36H30Cl2N8OS/c1-22(36-40-30(21-48-36)27-14-13-25(37)17-28(27)38)39-35(47)34-29(42-46-15-7-12-32(34)46)20-44-18-26(41-43-44)19-45-31-11-6-5-10-24(31)16-33(45)23-8-3-2-4-9-23/h2-6,8-11,13-14,16-18,21-22H,7,12,15,19-20H2,1H3,(H,39,47). The molecule has 240 valence electrons. The number of carbonyl (C=O) groups excluding carboxylic acids is 1. The minimum absolute atomic E-state index is 0.173. The zero-order valence-electron chi connectivity index (χ0n) is 26.0. The third-order valence-corrected chi connectivity index (χ3v) is 10.3. The van der Waals surface area contributed by atoms with Crippen LogP contribution in [0.25, 0.3) is 33.4 Å². The first kappa shape index (κ1) is 30.6. The fourth-order valence-corrected chi connectivity index (χ4v) is 7.76. The highest BCUT2D eigenvalue weighted by Crippen LogP contribution is 2.33. The maximum absolute atomic E-state index is 13.9. The van der Waals surface area contributed by atoms with Gasteiger partial charge in [0.1, 0.15) is 10.7 Å². The summed E-state index contributed by atoms with van der Waals surface area (Å²) in [7, 11) is 0. The zero-order chi connectivity index (χ0) is 32.8. The lowest BCUT2D eigenvalue weighted by atomic mass is 10.1. The van der Waals surface area contributed by atoms with Crippen molar-refractivity contribution in [2.24, 2.45) is 0 Å². The number of aryl methyl sites for hydroxylation is 1. The number of aromatic nitrogens is 7. The van der Waals surface area contributed by atoms with Crippen LogP contribution in [0.4, 0.5) is 0 Å². The second-order valence-corrected chi connectivity index (χ2v) is 13.7. The molecule has 0 spiro atoms. The Labute approximate surface area is 290 Å². The van der Waals surface area contributed by atoms with Crippen LogP contribution >= 0.6 is 34.5 Å². The van der Waals surface area contributed by atoms with Crippen molar-refractivity contribution >= 4 is 51.3 Å². The van der Waals surface area contributed by atoms with E-state index < -0.39 is 0 Å². The lowest BCUT2D eigenvalue weighted by Crippen LogP contribution is -2.28. The average molecular weight is 694 g/mol. The number of nitrogens with zero attached hydrogens (tertiary/aromatic N) is 7. The molecule has 0 fully saturated rings. The van der Waals surface area contributed by atoms with Crippen molar-refractivity contribution in [2.75, 3.05) is 0 Å². The number of hydrogen-bond acceptors (Lipinski definition) is 6. The third-order valence-electron chi connectivity index (χ3n) is 8.69. The molecule has 0 saturated heterocycles. The van der Waals surface area contributed by atoms with Gasteiger partial charge in [-0.2, -0.15) is 5.10 Å². The van der Waals surface area contributed by atoms with Crippen molar-refractivity contribution in [1.82, 2.24) is 39.6 Å². The summed E-state index contributed by atoms with van der Waals surface area (Å²) in [5, 5.41) is 22.0. The molecule has 4 aromatic heterocycles. The van der Waals surface area contributed by atoms with Crippen LogP contribution in [0.3, 0.4) is 0 Å². The largest absolute Gasteiger partial charge is 0.343 e. The number of para-hydroxylation sites is 1. The van der Waals surface area contributed by atoms with Crippen molar-refractivity contribution in [3.8, 4) is 22.5 Å². The van der Waals surface area contributed by atoms with E-state index >= 15 is 0 Å². The predicted molar refractivity (Wildman–Crippen MR) is 190 cm³/mol. The molecule has 48 heavy (non-hydrogen) atoms. The molecule has 1 N–H and O–H groups in total. The van der Waals surface area contributed by atoms with Crippen LogP contribution in [0.5, 0.6) is 0 Å². The van der Waals surface area contributed by atoms with Crippen LogP contribution in [0, 0.1) is 0 Å². The van der Waals surface area contributed by atoms with Gasteiger partial charge in [-0.15, -0.1) is 16.4 Å². The molecule has 0 radical (unpaired) electrons. The summed E-state index contributed by atoms with van der Waals surface area (Å²) in [5.74, 6) is -0.173. The van der Waals surface area contributed by atoms with Crippen molar-refractivity contribution < 1.29 is 4.79 Å². The second-order valence-electron chi connectivity index (χ2n) is 11.9. The summed E-state index contributed by atoms with van der Waals surface area (Å²) >= 11 is 14.0. The summed E-state index contributed by atoms with van der Waals surface area (Å²) < 4.78 is 5.99. The number of fused-ring (bicyclic) bond motifs is 2. The maximum atomic E-state index is 13.9. The Morgan fingerprint density at radius 1 is 1.02 bits per heavy atom. The van der Waals surface area contributed by atoms with Gasteiger partial charge >= 0.3 is 0 Å². The Kier molecular flexibility index (Phi) is 8.07. The molecule has 0 bridgehead atoms. The van der Waals surface area contributed by atoms with Crippen LogP contribution < -0.4 is 5.32 Å². The fraction of sp³-hybridized carbons (Fsp3) is 0.194. The monoisotopic (exact) mass is 692 g/mol. The molecule has 0 saturated carbocycles. The molecular formula is C36H30Cl2N8OS. The third kappa shape index (κ3) is 5.80. The summed E-state index contributed by atoms with van der Waals surface area (Å²) in [4.78, 5) is 18.6. The van der Waals surface area contributed by atoms with E-state index in [0.29, 0.717) is 34.4 Å². The van der Waals surface area contributed by atoms with Crippen molar-refractivity contribution in [1.29, 1.82) is 0 Å². The van der Waals surface area contributed by atoms with E-state index in [-0.39, 0.29) is 11.9 Å². The normalized spacial score (nSPS) is 13.2. The summed E-state index contributed by atoms with van der Waals surface area (Å²) in [6, 6.07) is 26.0.